The summed E-state index contributed by atoms with van der Waals surface area (Å²) in [5.74, 6) is 0. The number of rotatable bonds is 5. The Hall–Kier alpha value is 1.42. The maximum absolute atomic E-state index is 8.96. The summed E-state index contributed by atoms with van der Waals surface area (Å²) in [7, 11) is -5.17. The second-order valence-electron chi connectivity index (χ2n) is 3.14. The topological polar surface area (TPSA) is 265 Å². The van der Waals surface area contributed by atoms with Crippen LogP contribution in [0.4, 0.5) is 4.79 Å². The van der Waals surface area contributed by atoms with Gasteiger partial charge < -0.3 is 54.8 Å². The van der Waals surface area contributed by atoms with Crippen molar-refractivity contribution in [2.24, 2.45) is 0 Å². The van der Waals surface area contributed by atoms with Gasteiger partial charge in [-0.25, -0.2) is 0 Å². The molecule has 4 atom stereocenters. The maximum Gasteiger partial charge on any atom is 2.00 e. The largest absolute Gasteiger partial charge is 2.00 e. The molecule has 0 saturated heterocycles. The Bertz CT molecular complexity index is 337. The number of aliphatic hydroxyl groups excluding tert-OH is 6. The van der Waals surface area contributed by atoms with Crippen LogP contribution in [0.5, 0.6) is 0 Å². The van der Waals surface area contributed by atoms with E-state index in [1.807, 2.05) is 0 Å². The van der Waals surface area contributed by atoms with Crippen LogP contribution in [0.1, 0.15) is 0 Å². The standard InChI is InChI=1S/C6H14O6.CH2O3.2Ca.H2O4S/c7-1-3(9)5(11)6(12)4(10)2-8;2-1(3)4;;;1-5(2,3)4/h3-12H,1-2H2;(H2,2,3,4);;;(H2,1,2,3,4)/q;;2*+2;/p-4. The molecular formula is C7H14Ca2O13S. The minimum Gasteiger partial charge on any atom is -0.759 e. The fraction of sp³-hybridized carbons (Fsp3) is 0.857. The van der Waals surface area contributed by atoms with E-state index in [0.29, 0.717) is 0 Å². The minimum absolute atomic E-state index is 0. The molecule has 0 rings (SSSR count). The SMILES string of the molecule is O=C([O-])[O-].O=S(=O)([O-])[O-].OCC(O)C(O)C(O)C(O)CO.[Ca+2].[Ca+2]. The van der Waals surface area contributed by atoms with Gasteiger partial charge in [0.05, 0.1) is 13.2 Å². The first-order chi connectivity index (χ1) is 9.27. The van der Waals surface area contributed by atoms with Crippen LogP contribution in [0.15, 0.2) is 0 Å². The van der Waals surface area contributed by atoms with Gasteiger partial charge in [0, 0.05) is 10.4 Å². The van der Waals surface area contributed by atoms with E-state index in [9.17, 15) is 0 Å². The average Bonchev–Trinajstić information content (AvgIpc) is 2.32. The smallest absolute Gasteiger partial charge is 0.759 e. The molecule has 13 nitrogen and oxygen atoms in total. The molecule has 0 aromatic rings. The molecule has 0 fully saturated rings. The van der Waals surface area contributed by atoms with E-state index >= 15 is 0 Å². The predicted octanol–water partition coefficient (Wildman–Crippen LogP) is -8.13. The second kappa shape index (κ2) is 19.7. The van der Waals surface area contributed by atoms with Crippen LogP contribution in [0.3, 0.4) is 0 Å². The van der Waals surface area contributed by atoms with Crippen molar-refractivity contribution in [1.82, 2.24) is 0 Å². The Morgan fingerprint density at radius 3 is 1.04 bits per heavy atom. The molecule has 0 aliphatic rings. The van der Waals surface area contributed by atoms with Gasteiger partial charge in [0.25, 0.3) is 0 Å². The van der Waals surface area contributed by atoms with Gasteiger partial charge in [0.1, 0.15) is 24.4 Å². The van der Waals surface area contributed by atoms with E-state index < -0.39 is 54.2 Å². The number of carbonyl (C=O) groups excluding carboxylic acids is 1. The monoisotopic (exact) mass is 418 g/mol. The van der Waals surface area contributed by atoms with E-state index in [1.54, 1.807) is 0 Å². The van der Waals surface area contributed by atoms with Crippen molar-refractivity contribution < 1.29 is 63.2 Å². The van der Waals surface area contributed by atoms with E-state index in [-0.39, 0.29) is 75.5 Å². The summed E-state index contributed by atoms with van der Waals surface area (Å²) < 4.78 is 34.1. The summed E-state index contributed by atoms with van der Waals surface area (Å²) in [6.07, 6.45) is -8.73. The summed E-state index contributed by atoms with van der Waals surface area (Å²) in [6.45, 7) is -1.45. The number of aliphatic hydroxyl groups is 6. The normalized spacial score (nSPS) is 14.8. The Labute approximate surface area is 190 Å². The van der Waals surface area contributed by atoms with Crippen molar-refractivity contribution >= 4 is 92.0 Å². The molecule has 0 radical (unpaired) electrons. The van der Waals surface area contributed by atoms with Gasteiger partial charge in [-0.2, -0.15) is 0 Å². The van der Waals surface area contributed by atoms with Crippen molar-refractivity contribution in [2.75, 3.05) is 13.2 Å². The summed E-state index contributed by atoms with van der Waals surface area (Å²) >= 11 is 0. The van der Waals surface area contributed by atoms with Crippen LogP contribution in [-0.2, 0) is 10.4 Å². The zero-order valence-corrected chi connectivity index (χ0v) is 16.8. The summed E-state index contributed by atoms with van der Waals surface area (Å²) in [5, 5.41) is 68.8. The summed E-state index contributed by atoms with van der Waals surface area (Å²) in [5.41, 5.74) is 0. The Kier molecular flexibility index (Phi) is 30.5. The first kappa shape index (κ1) is 35.5. The quantitative estimate of drug-likeness (QED) is 0.138. The third-order valence-corrected chi connectivity index (χ3v) is 1.51. The van der Waals surface area contributed by atoms with Crippen molar-refractivity contribution in [3.8, 4) is 0 Å². The van der Waals surface area contributed by atoms with Crippen molar-refractivity contribution in [3.63, 3.8) is 0 Å². The molecule has 0 spiro atoms. The molecule has 0 aliphatic heterocycles. The van der Waals surface area contributed by atoms with Crippen LogP contribution in [0, 0.1) is 0 Å². The Balaban J connectivity index is -0.0000000828. The van der Waals surface area contributed by atoms with E-state index in [1.165, 1.54) is 0 Å². The molecule has 4 unspecified atom stereocenters. The van der Waals surface area contributed by atoms with Gasteiger partial charge in [-0.1, -0.05) is 0 Å². The van der Waals surface area contributed by atoms with E-state index in [2.05, 4.69) is 0 Å². The van der Waals surface area contributed by atoms with Gasteiger partial charge in [0.2, 0.25) is 0 Å². The maximum atomic E-state index is 8.96. The summed E-state index contributed by atoms with van der Waals surface area (Å²) in [4.78, 5) is 8.33. The molecule has 0 amide bonds. The van der Waals surface area contributed by atoms with Gasteiger partial charge >= 0.3 is 75.5 Å². The van der Waals surface area contributed by atoms with Gasteiger partial charge in [-0.15, -0.1) is 0 Å². The van der Waals surface area contributed by atoms with E-state index in [4.69, 9.17) is 63.2 Å². The molecule has 0 heterocycles. The number of carboxylic acid groups (broad SMARTS) is 2. The molecule has 16 heteroatoms. The van der Waals surface area contributed by atoms with Gasteiger partial charge in [-0.05, 0) is 6.16 Å². The molecule has 23 heavy (non-hydrogen) atoms. The average molecular weight is 418 g/mol. The Morgan fingerprint density at radius 2 is 0.957 bits per heavy atom. The van der Waals surface area contributed by atoms with Crippen molar-refractivity contribution in [2.45, 2.75) is 24.4 Å². The number of carbonyl (C=O) groups is 1. The van der Waals surface area contributed by atoms with Crippen LogP contribution in [0.2, 0.25) is 0 Å². The first-order valence-corrected chi connectivity index (χ1v) is 6.09. The zero-order chi connectivity index (χ0) is 17.8. The first-order valence-electron chi connectivity index (χ1n) is 4.76. The molecule has 0 aromatic heterocycles. The number of hydrogen-bond acceptors (Lipinski definition) is 13. The van der Waals surface area contributed by atoms with Crippen LogP contribution in [-0.4, -0.2) is 167 Å². The molecule has 0 aromatic carbocycles. The van der Waals surface area contributed by atoms with Crippen LogP contribution < -0.4 is 10.2 Å². The Morgan fingerprint density at radius 1 is 0.826 bits per heavy atom. The third kappa shape index (κ3) is 35.4. The van der Waals surface area contributed by atoms with Crippen molar-refractivity contribution in [3.05, 3.63) is 0 Å². The van der Waals surface area contributed by atoms with Gasteiger partial charge in [-0.3, -0.25) is 8.42 Å². The minimum atomic E-state index is -5.17. The molecule has 130 valence electrons. The molecular weight excluding hydrogens is 404 g/mol. The molecule has 0 aliphatic carbocycles. The zero-order valence-electron chi connectivity index (χ0n) is 11.6. The van der Waals surface area contributed by atoms with Crippen LogP contribution in [0.25, 0.3) is 0 Å². The molecule has 0 saturated carbocycles. The summed E-state index contributed by atoms with van der Waals surface area (Å²) in [6, 6.07) is 0. The van der Waals surface area contributed by atoms with Crippen LogP contribution >= 0.6 is 0 Å². The fourth-order valence-corrected chi connectivity index (χ4v) is 0.671. The predicted molar refractivity (Wildman–Crippen MR) is 65.6 cm³/mol. The fourth-order valence-electron chi connectivity index (χ4n) is 0.671. The molecule has 6 N–H and O–H groups in total. The molecule has 0 bridgehead atoms. The third-order valence-electron chi connectivity index (χ3n) is 1.51. The van der Waals surface area contributed by atoms with Crippen molar-refractivity contribution in [1.29, 1.82) is 0 Å². The second-order valence-corrected chi connectivity index (χ2v) is 3.96. The number of hydrogen-bond donors (Lipinski definition) is 6. The van der Waals surface area contributed by atoms with E-state index in [0.717, 1.165) is 0 Å². The van der Waals surface area contributed by atoms with Gasteiger partial charge in [0.15, 0.2) is 0 Å².